The van der Waals surface area contributed by atoms with Gasteiger partial charge in [0, 0.05) is 200 Å². The Hall–Kier alpha value is -7.92. The van der Waals surface area contributed by atoms with Crippen LogP contribution in [0.3, 0.4) is 0 Å². The summed E-state index contributed by atoms with van der Waals surface area (Å²) in [5.74, 6) is -0.503. The molecule has 5 saturated heterocycles. The zero-order valence-corrected chi connectivity index (χ0v) is 89.0. The van der Waals surface area contributed by atoms with Crippen molar-refractivity contribution in [3.8, 4) is 17.0 Å². The third kappa shape index (κ3) is 39.9. The van der Waals surface area contributed by atoms with E-state index in [0.717, 1.165) is 132 Å². The fourth-order valence-electron chi connectivity index (χ4n) is 16.0. The monoisotopic (exact) mass is 2170 g/mol. The average molecular weight is 2170 g/mol. The molecule has 4 N–H and O–H groups in total. The second-order valence-corrected chi connectivity index (χ2v) is 38.8. The summed E-state index contributed by atoms with van der Waals surface area (Å²) in [4.78, 5) is 92.9. The number of aryl methyl sites for hydroxylation is 3. The van der Waals surface area contributed by atoms with E-state index in [-0.39, 0.29) is 120 Å². The minimum absolute atomic E-state index is 0. The number of benzene rings is 3. The first-order valence-corrected chi connectivity index (χ1v) is 50.3. The summed E-state index contributed by atoms with van der Waals surface area (Å²) in [6, 6.07) is 29.3. The molecule has 15 rings (SSSR count). The number of likely N-dealkylation sites (tertiary alicyclic amines) is 1. The summed E-state index contributed by atoms with van der Waals surface area (Å²) in [5.41, 5.74) is 7.02. The number of ketones is 5. The van der Waals surface area contributed by atoms with Gasteiger partial charge in [0.05, 0.1) is 25.4 Å². The summed E-state index contributed by atoms with van der Waals surface area (Å²) in [6.07, 6.45) is 12.7. The molecule has 5 aliphatic rings. The molecule has 0 bridgehead atoms. The smallest absolute Gasteiger partial charge is 0.416 e. The molecule has 12 heterocycles. The quantitative estimate of drug-likeness (QED) is 0.0201. The number of hydrogen-bond acceptors (Lipinski definition) is 26. The number of Topliss-reactive ketones (excluding diaryl/α,β-unsaturated/α-hetero) is 5. The van der Waals surface area contributed by atoms with Crippen LogP contribution in [0, 0.1) is 60.9 Å². The number of rotatable bonds is 28. The lowest BCUT2D eigenvalue weighted by Gasteiger charge is -2.42. The Balaban J connectivity index is 0.000000285. The normalized spacial score (nSPS) is 15.4. The van der Waals surface area contributed by atoms with Crippen LogP contribution in [0.2, 0.25) is 5.15 Å². The van der Waals surface area contributed by atoms with E-state index in [2.05, 4.69) is 75.5 Å². The highest BCUT2D eigenvalue weighted by Gasteiger charge is 2.42. The summed E-state index contributed by atoms with van der Waals surface area (Å²) in [5, 5.41) is 24.4. The van der Waals surface area contributed by atoms with Crippen molar-refractivity contribution in [2.75, 3.05) is 115 Å². The van der Waals surface area contributed by atoms with Crippen molar-refractivity contribution in [3.05, 3.63) is 259 Å². The molecule has 768 valence electrons. The zero-order chi connectivity index (χ0) is 99.5. The van der Waals surface area contributed by atoms with Gasteiger partial charge in [-0.25, -0.2) is 22.9 Å². The van der Waals surface area contributed by atoms with Crippen LogP contribution in [0.5, 0.6) is 5.88 Å². The van der Waals surface area contributed by atoms with Crippen molar-refractivity contribution in [2.24, 2.45) is 29.6 Å². The molecule has 10 aromatic rings. The number of carbonyl (C=O) groups excluding carboxylic acids is 6. The maximum atomic E-state index is 13.6. The van der Waals surface area contributed by atoms with Gasteiger partial charge in [-0.3, -0.25) is 33.9 Å². The molecule has 0 spiro atoms. The highest BCUT2D eigenvalue weighted by atomic mass is 79.9. The number of alkyl halides is 3. The van der Waals surface area contributed by atoms with Crippen molar-refractivity contribution in [2.45, 2.75) is 167 Å². The van der Waals surface area contributed by atoms with Gasteiger partial charge in [0.25, 0.3) is 0 Å². The molecule has 5 aliphatic heterocycles. The average Bonchev–Trinajstić information content (AvgIpc) is 1.03. The lowest BCUT2D eigenvalue weighted by atomic mass is 9.86. The van der Waals surface area contributed by atoms with Gasteiger partial charge in [0.2, 0.25) is 12.2 Å². The molecule has 1 atom stereocenters. The molecular formula is C102H130BrCl4F6N9O14S4. The molecule has 1 unspecified atom stereocenters. The molecule has 0 radical (unpaired) electrons. The Bertz CT molecular complexity index is 5260. The fourth-order valence-corrected chi connectivity index (χ4v) is 20.1. The van der Waals surface area contributed by atoms with E-state index in [1.807, 2.05) is 105 Å². The van der Waals surface area contributed by atoms with Crippen molar-refractivity contribution < 1.29 is 93.0 Å². The number of nitrogens with one attached hydrogen (secondary N) is 4. The zero-order valence-electron chi connectivity index (χ0n) is 80.9. The second kappa shape index (κ2) is 64.1. The lowest BCUT2D eigenvalue weighted by molar-refractivity contribution is -0.246. The van der Waals surface area contributed by atoms with Gasteiger partial charge in [0.1, 0.15) is 46.2 Å². The maximum Gasteiger partial charge on any atom is 0.416 e. The first-order valence-electron chi connectivity index (χ1n) is 45.4. The molecule has 3 aromatic carbocycles. The largest absolute Gasteiger partial charge is 0.480 e. The van der Waals surface area contributed by atoms with Crippen LogP contribution >= 0.6 is 110 Å². The number of nitrogens with zero attached hydrogens (tertiary/aromatic N) is 5. The Morgan fingerprint density at radius 2 is 1.05 bits per heavy atom. The van der Waals surface area contributed by atoms with E-state index < -0.39 is 47.2 Å². The van der Waals surface area contributed by atoms with Gasteiger partial charge < -0.3 is 64.1 Å². The van der Waals surface area contributed by atoms with Gasteiger partial charge in [-0.2, -0.15) is 29.5 Å². The minimum Gasteiger partial charge on any atom is -0.480 e. The van der Waals surface area contributed by atoms with Gasteiger partial charge in [0.15, 0.2) is 28.7 Å². The number of piperidine rings is 5. The van der Waals surface area contributed by atoms with Gasteiger partial charge >= 0.3 is 12.3 Å². The van der Waals surface area contributed by atoms with E-state index in [4.69, 9.17) is 49.5 Å². The van der Waals surface area contributed by atoms with E-state index >= 15 is 0 Å². The standard InChI is InChI=1S/C23H28N2O3.C15H22FNO2.C14H15F4NO.C12H17NOS.C12H11NOS.C11H14FNOS.C8H11ClN2O3.C7H9BrO2S.3ClH/c1-23(2,3)28-22(27)25-13-10-17(11-14-25)21(26)15-18-7-4-5-9-20(18)19-8-6-12-24-16-19;1-18-15(19-2)11-17-10-9-13(15)8-7-12-5-3-4-6-14(12)16;15-12-3-1-2-11(14(16,17)18)10(12)8-13(20)9-4-6-19-7-5-9;2*1-9-4-7-15-12(9)8-11(14)10-2-5-13-6-3-10;12-10-7-15-6-9(10)5-11(14)8-1-3-13-4-2-8;1-12-7-6(8(13-2)14-3)10-4-5(9)11-7;1-9-7(10-2)5-3-11-4-6(5)8;;;/h4-9,12,16-17H,10-11,13-15H2,1-3H3;3-6,13,17H,7-11H2,1-2H3;1-3,9,19H,4-8H2;4,7,10,13H,2-3,5-6,8H2,1H3;2-7H,8H2,1H3;6-8,13H,1-5H2;4,8H,1-3H3;3-4,7H,1-2H3;3*1H. The van der Waals surface area contributed by atoms with Gasteiger partial charge in [-0.05, 0) is 259 Å². The molecule has 38 heteroatoms. The number of aromatic nitrogens is 4. The van der Waals surface area contributed by atoms with E-state index in [1.165, 1.54) is 66.3 Å². The summed E-state index contributed by atoms with van der Waals surface area (Å²) in [6.45, 7) is 17.6. The van der Waals surface area contributed by atoms with Crippen LogP contribution in [0.25, 0.3) is 11.1 Å². The number of amides is 1. The van der Waals surface area contributed by atoms with Crippen molar-refractivity contribution in [1.82, 2.24) is 46.1 Å². The topological polar surface area (TPSA) is 279 Å². The van der Waals surface area contributed by atoms with Crippen molar-refractivity contribution in [1.29, 1.82) is 0 Å². The Morgan fingerprint density at radius 1 is 0.536 bits per heavy atom. The third-order valence-corrected chi connectivity index (χ3v) is 28.5. The second-order valence-electron chi connectivity index (χ2n) is 34.1. The molecule has 23 nitrogen and oxygen atoms in total. The van der Waals surface area contributed by atoms with Gasteiger partial charge in [-0.15, -0.1) is 71.2 Å². The summed E-state index contributed by atoms with van der Waals surface area (Å²) in [7, 11) is 11.1. The Morgan fingerprint density at radius 3 is 1.54 bits per heavy atom. The summed E-state index contributed by atoms with van der Waals surface area (Å²) < 4.78 is 122. The van der Waals surface area contributed by atoms with Crippen LogP contribution in [0.4, 0.5) is 31.1 Å². The summed E-state index contributed by atoms with van der Waals surface area (Å²) >= 11 is 15.3. The van der Waals surface area contributed by atoms with E-state index in [9.17, 15) is 55.1 Å². The first-order chi connectivity index (χ1) is 65.8. The third-order valence-electron chi connectivity index (χ3n) is 23.7. The van der Waals surface area contributed by atoms with Crippen LogP contribution in [0.15, 0.2) is 171 Å². The minimum atomic E-state index is -4.65. The van der Waals surface area contributed by atoms with E-state index in [1.54, 1.807) is 110 Å². The van der Waals surface area contributed by atoms with Crippen LogP contribution in [0.1, 0.15) is 168 Å². The van der Waals surface area contributed by atoms with Crippen LogP contribution in [-0.4, -0.2) is 186 Å². The molecule has 1 amide bonds. The maximum absolute atomic E-state index is 13.6. The van der Waals surface area contributed by atoms with Crippen molar-refractivity contribution in [3.63, 3.8) is 0 Å². The van der Waals surface area contributed by atoms with Crippen LogP contribution < -0.4 is 26.0 Å². The number of halogens is 11. The predicted octanol–water partition coefficient (Wildman–Crippen LogP) is 22.4. The van der Waals surface area contributed by atoms with Crippen molar-refractivity contribution >= 4 is 145 Å². The number of pyridine rings is 2. The highest BCUT2D eigenvalue weighted by molar-refractivity contribution is 9.10. The molecule has 140 heavy (non-hydrogen) atoms. The predicted molar refractivity (Wildman–Crippen MR) is 551 cm³/mol. The SMILES string of the molecule is CC(C)(C)OC(=O)N1CCC(C(=O)Cc2ccccc2-c2cccnc2)CC1.COC(OC)c1cscc1Br.COC1(OC)CNCCC1CCc1ccccc1F.COc1nc(Cl)cnc1C(OC)OC.Cc1ccsc1CC(=O)C1CCNCC1.Cc1ccsc1CC(=O)c1ccncc1.Cl.Cl.Cl.O=C(Cc1c(F)cccc1C(F)(F)F)C1CCNCC1.O=C(Cc1cscc1F)C1CCNCC1. The molecule has 7 aromatic heterocycles. The number of methoxy groups -OCH3 is 7. The fraction of sp³-hybridized carbons (Fsp3) is 0.471. The highest BCUT2D eigenvalue weighted by Crippen LogP contribution is 2.37. The molecule has 5 fully saturated rings. The van der Waals surface area contributed by atoms with Gasteiger partial charge in [-0.1, -0.05) is 66.2 Å². The molecule has 0 saturated carbocycles. The lowest BCUT2D eigenvalue weighted by Crippen LogP contribution is -2.54. The number of carbonyl (C=O) groups is 6. The Labute approximate surface area is 866 Å². The molecular weight excluding hydrogens is 2040 g/mol. The first kappa shape index (κ1) is 123. The number of thiophene rings is 4. The van der Waals surface area contributed by atoms with E-state index in [0.29, 0.717) is 113 Å². The Kier molecular flexibility index (Phi) is 56.1. The number of hydrogen-bond donors (Lipinski definition) is 4. The molecule has 0 aliphatic carbocycles. The van der Waals surface area contributed by atoms with Crippen LogP contribution in [-0.2, 0) is 97.0 Å². The number of ether oxygens (including phenoxy) is 8.